The highest BCUT2D eigenvalue weighted by Crippen LogP contribution is 2.53. The van der Waals surface area contributed by atoms with Crippen LogP contribution in [0, 0.1) is 26.7 Å². The van der Waals surface area contributed by atoms with Gasteiger partial charge >= 0.3 is 12.4 Å². The van der Waals surface area contributed by atoms with Crippen LogP contribution in [0.2, 0.25) is 0 Å². The summed E-state index contributed by atoms with van der Waals surface area (Å²) in [6.45, 7) is 4.44. The van der Waals surface area contributed by atoms with Gasteiger partial charge in [0.05, 0.1) is 5.92 Å². The molecular weight excluding hydrogens is 422 g/mol. The molecule has 2 aromatic carbocycles. The third-order valence-electron chi connectivity index (χ3n) is 5.42. The molecule has 0 aliphatic carbocycles. The number of hydrogen-bond donors (Lipinski definition) is 0. The highest BCUT2D eigenvalue weighted by atomic mass is 19.4. The molecular formula is C22H20F6N2O. The molecule has 1 heterocycles. The van der Waals surface area contributed by atoms with Gasteiger partial charge in [0.1, 0.15) is 12.1 Å². The zero-order chi connectivity index (χ0) is 23.2. The Morgan fingerprint density at radius 1 is 0.968 bits per heavy atom. The topological polar surface area (TPSA) is 32.7 Å². The highest BCUT2D eigenvalue weighted by molar-refractivity contribution is 6.12. The lowest BCUT2D eigenvalue weighted by atomic mass is 9.80. The molecule has 0 radical (unpaired) electrons. The average molecular weight is 442 g/mol. The van der Waals surface area contributed by atoms with E-state index < -0.39 is 36.2 Å². The van der Waals surface area contributed by atoms with Gasteiger partial charge in [-0.25, -0.2) is 4.99 Å². The van der Waals surface area contributed by atoms with Gasteiger partial charge < -0.3 is 9.69 Å². The first-order valence-electron chi connectivity index (χ1n) is 9.43. The molecule has 1 unspecified atom stereocenters. The fraction of sp³-hybridized carbons (Fsp3) is 0.364. The zero-order valence-corrected chi connectivity index (χ0v) is 17.0. The first-order chi connectivity index (χ1) is 14.3. The molecule has 0 bridgehead atoms. The van der Waals surface area contributed by atoms with E-state index in [1.165, 1.54) is 29.2 Å². The molecule has 0 saturated carbocycles. The van der Waals surface area contributed by atoms with Crippen molar-refractivity contribution in [3.63, 3.8) is 0 Å². The van der Waals surface area contributed by atoms with Crippen molar-refractivity contribution in [1.29, 1.82) is 0 Å². The van der Waals surface area contributed by atoms with Crippen LogP contribution in [0.25, 0.3) is 0 Å². The molecule has 1 aliphatic rings. The number of halogens is 6. The van der Waals surface area contributed by atoms with E-state index in [-0.39, 0.29) is 11.8 Å². The monoisotopic (exact) mass is 442 g/mol. The Morgan fingerprint density at radius 2 is 1.48 bits per heavy atom. The summed E-state index contributed by atoms with van der Waals surface area (Å²) in [7, 11) is 0. The lowest BCUT2D eigenvalue weighted by Gasteiger charge is -2.45. The third kappa shape index (κ3) is 3.70. The predicted molar refractivity (Wildman–Crippen MR) is 105 cm³/mol. The van der Waals surface area contributed by atoms with E-state index >= 15 is 0 Å². The smallest absolute Gasteiger partial charge is 0.325 e. The van der Waals surface area contributed by atoms with Crippen molar-refractivity contribution in [1.82, 2.24) is 0 Å². The van der Waals surface area contributed by atoms with Gasteiger partial charge in [0.15, 0.2) is 0 Å². The van der Waals surface area contributed by atoms with Gasteiger partial charge in [0.25, 0.3) is 5.54 Å². The van der Waals surface area contributed by atoms with Crippen LogP contribution in [-0.2, 0) is 4.79 Å². The predicted octanol–water partition coefficient (Wildman–Crippen LogP) is 5.56. The second-order valence-corrected chi connectivity index (χ2v) is 7.66. The third-order valence-corrected chi connectivity index (χ3v) is 5.42. The van der Waals surface area contributed by atoms with Gasteiger partial charge in [-0.05, 0) is 31.9 Å². The number of carbonyl (C=O) groups is 1. The molecule has 0 amide bonds. The molecule has 1 atom stereocenters. The van der Waals surface area contributed by atoms with E-state index in [9.17, 15) is 31.1 Å². The van der Waals surface area contributed by atoms with Gasteiger partial charge in [0.2, 0.25) is 0 Å². The normalized spacial score (nSPS) is 19.2. The lowest BCUT2D eigenvalue weighted by Crippen LogP contribution is -2.66. The molecule has 3 nitrogen and oxygen atoms in total. The largest absolute Gasteiger partial charge is 0.423 e. The van der Waals surface area contributed by atoms with Crippen molar-refractivity contribution in [3.05, 3.63) is 64.7 Å². The second kappa shape index (κ2) is 7.69. The first-order valence-corrected chi connectivity index (χ1v) is 9.43. The van der Waals surface area contributed by atoms with Crippen LogP contribution in [0.1, 0.15) is 22.3 Å². The van der Waals surface area contributed by atoms with Crippen molar-refractivity contribution in [2.75, 3.05) is 11.4 Å². The van der Waals surface area contributed by atoms with Gasteiger partial charge in [-0.3, -0.25) is 0 Å². The number of aldehydes is 1. The SMILES string of the molecule is Cc1cc(C)c(N2CC(C=O)C(C(F)(F)F)(C(F)(F)F)N=C2c2ccccc2)c(C)c1. The maximum absolute atomic E-state index is 14.0. The quantitative estimate of drug-likeness (QED) is 0.461. The van der Waals surface area contributed by atoms with Crippen LogP contribution >= 0.6 is 0 Å². The minimum atomic E-state index is -5.82. The second-order valence-electron chi connectivity index (χ2n) is 7.66. The minimum absolute atomic E-state index is 0.0871. The molecule has 2 aromatic rings. The Labute approximate surface area is 175 Å². The van der Waals surface area contributed by atoms with Crippen LogP contribution in [0.15, 0.2) is 47.5 Å². The summed E-state index contributed by atoms with van der Waals surface area (Å²) in [4.78, 5) is 16.2. The van der Waals surface area contributed by atoms with Crippen LogP contribution < -0.4 is 4.90 Å². The maximum Gasteiger partial charge on any atom is 0.423 e. The Hall–Kier alpha value is -2.84. The Balaban J connectivity index is 2.39. The van der Waals surface area contributed by atoms with E-state index in [0.29, 0.717) is 16.8 Å². The van der Waals surface area contributed by atoms with Gasteiger partial charge in [-0.2, -0.15) is 26.3 Å². The van der Waals surface area contributed by atoms with E-state index in [4.69, 9.17) is 0 Å². The summed E-state index contributed by atoms with van der Waals surface area (Å²) in [6.07, 6.45) is -11.9. The highest BCUT2D eigenvalue weighted by Gasteiger charge is 2.76. The molecule has 31 heavy (non-hydrogen) atoms. The number of benzene rings is 2. The number of rotatable bonds is 3. The molecule has 9 heteroatoms. The summed E-state index contributed by atoms with van der Waals surface area (Å²) in [5.41, 5.74) is -1.83. The number of aliphatic imine (C=N–C) groups is 1. The molecule has 0 saturated heterocycles. The van der Waals surface area contributed by atoms with Crippen molar-refractivity contribution in [3.8, 4) is 0 Å². The number of hydrogen-bond acceptors (Lipinski definition) is 3. The Bertz CT molecular complexity index is 974. The summed E-state index contributed by atoms with van der Waals surface area (Å²) in [5, 5.41) is 0. The molecule has 1 aliphatic heterocycles. The molecule has 0 fully saturated rings. The standard InChI is InChI=1S/C22H20F6N2O/c1-13-9-14(2)18(15(3)10-13)30-11-17(12-31)20(21(23,24)25,22(26,27)28)29-19(30)16-7-5-4-6-8-16/h4-10,12,17H,11H2,1-3H3. The summed E-state index contributed by atoms with van der Waals surface area (Å²) >= 11 is 0. The van der Waals surface area contributed by atoms with E-state index in [0.717, 1.165) is 5.56 Å². The molecule has 0 aromatic heterocycles. The number of anilines is 1. The molecule has 0 N–H and O–H groups in total. The fourth-order valence-corrected chi connectivity index (χ4v) is 4.18. The number of amidine groups is 1. The van der Waals surface area contributed by atoms with E-state index in [2.05, 4.69) is 4.99 Å². The zero-order valence-electron chi connectivity index (χ0n) is 17.0. The summed E-state index contributed by atoms with van der Waals surface area (Å²) in [6, 6.07) is 10.9. The molecule has 0 spiro atoms. The number of carbonyl (C=O) groups excluding carboxylic acids is 1. The van der Waals surface area contributed by atoms with Gasteiger partial charge in [-0.15, -0.1) is 0 Å². The van der Waals surface area contributed by atoms with Crippen molar-refractivity contribution >= 4 is 17.8 Å². The van der Waals surface area contributed by atoms with E-state index in [1.807, 2.05) is 6.92 Å². The summed E-state index contributed by atoms with van der Waals surface area (Å²) < 4.78 is 83.7. The fourth-order valence-electron chi connectivity index (χ4n) is 4.18. The minimum Gasteiger partial charge on any atom is -0.325 e. The van der Waals surface area contributed by atoms with Gasteiger partial charge in [0, 0.05) is 17.8 Å². The average Bonchev–Trinajstić information content (AvgIpc) is 2.65. The molecule has 166 valence electrons. The van der Waals surface area contributed by atoms with Crippen molar-refractivity contribution < 1.29 is 31.1 Å². The van der Waals surface area contributed by atoms with Crippen LogP contribution in [0.3, 0.4) is 0 Å². The van der Waals surface area contributed by atoms with Crippen molar-refractivity contribution in [2.45, 2.75) is 38.7 Å². The number of aryl methyl sites for hydroxylation is 3. The molecule has 3 rings (SSSR count). The van der Waals surface area contributed by atoms with E-state index in [1.54, 1.807) is 32.0 Å². The van der Waals surface area contributed by atoms with Crippen LogP contribution in [0.4, 0.5) is 32.0 Å². The van der Waals surface area contributed by atoms with Crippen LogP contribution in [-0.4, -0.2) is 36.6 Å². The summed E-state index contributed by atoms with van der Waals surface area (Å²) in [5.74, 6) is -2.96. The van der Waals surface area contributed by atoms with Crippen molar-refractivity contribution in [2.24, 2.45) is 10.9 Å². The Kier molecular flexibility index (Phi) is 5.67. The Morgan fingerprint density at radius 3 is 1.94 bits per heavy atom. The number of alkyl halides is 6. The van der Waals surface area contributed by atoms with Gasteiger partial charge in [-0.1, -0.05) is 48.0 Å². The van der Waals surface area contributed by atoms with Crippen LogP contribution in [0.5, 0.6) is 0 Å². The first kappa shape index (κ1) is 22.8. The lowest BCUT2D eigenvalue weighted by molar-refractivity contribution is -0.306. The number of nitrogens with zero attached hydrogens (tertiary/aromatic N) is 2. The maximum atomic E-state index is 14.0.